The summed E-state index contributed by atoms with van der Waals surface area (Å²) >= 11 is 0. The Morgan fingerprint density at radius 2 is 1.66 bits per heavy atom. The number of hydrogen-bond acceptors (Lipinski definition) is 5. The molecule has 0 bridgehead atoms. The summed E-state index contributed by atoms with van der Waals surface area (Å²) in [7, 11) is -1.04. The van der Waals surface area contributed by atoms with E-state index in [4.69, 9.17) is 9.47 Å². The van der Waals surface area contributed by atoms with Gasteiger partial charge >= 0.3 is 0 Å². The zero-order valence-electron chi connectivity index (χ0n) is 16.3. The highest BCUT2D eigenvalue weighted by Gasteiger charge is 2.29. The molecule has 0 spiro atoms. The van der Waals surface area contributed by atoms with Crippen molar-refractivity contribution in [2.24, 2.45) is 0 Å². The fraction of sp³-hybridized carbons (Fsp3) is 0.350. The van der Waals surface area contributed by atoms with E-state index in [0.29, 0.717) is 13.1 Å². The van der Waals surface area contributed by atoms with Crippen LogP contribution < -0.4 is 14.8 Å². The number of rotatable bonds is 6. The number of nitrogens with one attached hydrogen (secondary N) is 1. The van der Waals surface area contributed by atoms with Gasteiger partial charge in [-0.25, -0.2) is 12.8 Å². The Morgan fingerprint density at radius 3 is 2.28 bits per heavy atom. The van der Waals surface area contributed by atoms with Crippen LogP contribution in [0.15, 0.2) is 41.3 Å². The Labute approximate surface area is 169 Å². The molecule has 1 heterocycles. The first-order valence-electron chi connectivity index (χ1n) is 9.20. The SMILES string of the molecule is COc1ccc(C(=O)Nc2ccc(OC)c(S(=O)(=O)N3CCCCC3)c2)cc1F. The molecule has 0 saturated carbocycles. The predicted molar refractivity (Wildman–Crippen MR) is 107 cm³/mol. The fourth-order valence-corrected chi connectivity index (χ4v) is 4.91. The lowest BCUT2D eigenvalue weighted by molar-refractivity contribution is 0.102. The molecule has 9 heteroatoms. The van der Waals surface area contributed by atoms with Crippen molar-refractivity contribution in [2.45, 2.75) is 24.2 Å². The monoisotopic (exact) mass is 422 g/mol. The summed E-state index contributed by atoms with van der Waals surface area (Å²) in [5.41, 5.74) is 0.349. The van der Waals surface area contributed by atoms with Crippen LogP contribution in [-0.2, 0) is 10.0 Å². The first kappa shape index (κ1) is 21.1. The van der Waals surface area contributed by atoms with E-state index < -0.39 is 21.7 Å². The van der Waals surface area contributed by atoms with E-state index in [-0.39, 0.29) is 27.6 Å². The Hall–Kier alpha value is -2.65. The van der Waals surface area contributed by atoms with Crippen LogP contribution in [0.3, 0.4) is 0 Å². The van der Waals surface area contributed by atoms with Gasteiger partial charge in [0.15, 0.2) is 11.6 Å². The van der Waals surface area contributed by atoms with Crippen LogP contribution in [0.5, 0.6) is 11.5 Å². The van der Waals surface area contributed by atoms with E-state index in [2.05, 4.69) is 5.32 Å². The van der Waals surface area contributed by atoms with Crippen LogP contribution >= 0.6 is 0 Å². The lowest BCUT2D eigenvalue weighted by Gasteiger charge is -2.26. The molecule has 29 heavy (non-hydrogen) atoms. The van der Waals surface area contributed by atoms with Crippen LogP contribution in [-0.4, -0.2) is 45.9 Å². The number of carbonyl (C=O) groups excluding carboxylic acids is 1. The maximum absolute atomic E-state index is 13.9. The third-order valence-electron chi connectivity index (χ3n) is 4.77. The molecule has 3 rings (SSSR count). The number of amides is 1. The quantitative estimate of drug-likeness (QED) is 0.772. The van der Waals surface area contributed by atoms with Gasteiger partial charge in [-0.15, -0.1) is 0 Å². The van der Waals surface area contributed by atoms with Gasteiger partial charge in [0.1, 0.15) is 10.6 Å². The smallest absolute Gasteiger partial charge is 0.255 e. The average molecular weight is 422 g/mol. The summed E-state index contributed by atoms with van der Waals surface area (Å²) in [6, 6.07) is 8.22. The fourth-order valence-electron chi connectivity index (χ4n) is 3.21. The van der Waals surface area contributed by atoms with E-state index in [0.717, 1.165) is 25.3 Å². The Morgan fingerprint density at radius 1 is 1.00 bits per heavy atom. The van der Waals surface area contributed by atoms with Crippen LogP contribution in [0, 0.1) is 5.82 Å². The van der Waals surface area contributed by atoms with E-state index >= 15 is 0 Å². The standard InChI is InChI=1S/C20H23FN2O5S/c1-27-17-8-6-14(12-16(17)21)20(24)22-15-7-9-18(28-2)19(13-15)29(25,26)23-10-4-3-5-11-23/h6-9,12-13H,3-5,10-11H2,1-2H3,(H,22,24). The second kappa shape index (κ2) is 8.79. The summed E-state index contributed by atoms with van der Waals surface area (Å²) in [5.74, 6) is -1.01. The highest BCUT2D eigenvalue weighted by molar-refractivity contribution is 7.89. The molecule has 1 amide bonds. The van der Waals surface area contributed by atoms with Gasteiger partial charge in [-0.05, 0) is 49.2 Å². The van der Waals surface area contributed by atoms with Crippen LogP contribution in [0.2, 0.25) is 0 Å². The summed E-state index contributed by atoms with van der Waals surface area (Å²) in [4.78, 5) is 12.5. The molecule has 1 fully saturated rings. The second-order valence-corrected chi connectivity index (χ2v) is 8.54. The van der Waals surface area contributed by atoms with Gasteiger partial charge in [-0.3, -0.25) is 4.79 Å². The van der Waals surface area contributed by atoms with Gasteiger partial charge in [0.2, 0.25) is 10.0 Å². The molecule has 156 valence electrons. The predicted octanol–water partition coefficient (Wildman–Crippen LogP) is 3.27. The number of carbonyl (C=O) groups is 1. The van der Waals surface area contributed by atoms with Crippen molar-refractivity contribution in [3.05, 3.63) is 47.8 Å². The Kier molecular flexibility index (Phi) is 6.39. The molecule has 1 saturated heterocycles. The molecule has 2 aromatic carbocycles. The number of piperidine rings is 1. The van der Waals surface area contributed by atoms with Gasteiger partial charge in [-0.1, -0.05) is 6.42 Å². The Bertz CT molecular complexity index is 1000. The van der Waals surface area contributed by atoms with Crippen LogP contribution in [0.25, 0.3) is 0 Å². The second-order valence-electron chi connectivity index (χ2n) is 6.63. The Balaban J connectivity index is 1.88. The van der Waals surface area contributed by atoms with Crippen molar-refractivity contribution in [2.75, 3.05) is 32.6 Å². The topological polar surface area (TPSA) is 84.9 Å². The van der Waals surface area contributed by atoms with Gasteiger partial charge in [0, 0.05) is 24.3 Å². The summed E-state index contributed by atoms with van der Waals surface area (Å²) in [6.07, 6.45) is 2.61. The maximum atomic E-state index is 13.9. The lowest BCUT2D eigenvalue weighted by atomic mass is 10.2. The normalized spacial score (nSPS) is 15.0. The third-order valence-corrected chi connectivity index (χ3v) is 6.69. The number of benzene rings is 2. The first-order chi connectivity index (χ1) is 13.9. The minimum atomic E-state index is -3.76. The molecule has 0 radical (unpaired) electrons. The van der Waals surface area contributed by atoms with Gasteiger partial charge in [-0.2, -0.15) is 4.31 Å². The molecule has 0 aromatic heterocycles. The van der Waals surface area contributed by atoms with Crippen molar-refractivity contribution < 1.29 is 27.1 Å². The molecule has 0 aliphatic carbocycles. The maximum Gasteiger partial charge on any atom is 0.255 e. The molecule has 0 atom stereocenters. The van der Waals surface area contributed by atoms with Gasteiger partial charge in [0.25, 0.3) is 5.91 Å². The minimum Gasteiger partial charge on any atom is -0.495 e. The number of ether oxygens (including phenoxy) is 2. The molecule has 1 aliphatic heterocycles. The van der Waals surface area contributed by atoms with Crippen molar-refractivity contribution in [3.8, 4) is 11.5 Å². The van der Waals surface area contributed by atoms with Crippen molar-refractivity contribution in [1.82, 2.24) is 4.31 Å². The van der Waals surface area contributed by atoms with Gasteiger partial charge < -0.3 is 14.8 Å². The number of anilines is 1. The van der Waals surface area contributed by atoms with Crippen molar-refractivity contribution in [3.63, 3.8) is 0 Å². The lowest BCUT2D eigenvalue weighted by Crippen LogP contribution is -2.35. The molecule has 7 nitrogen and oxygen atoms in total. The molecule has 2 aromatic rings. The number of halogens is 1. The van der Waals surface area contributed by atoms with Crippen molar-refractivity contribution >= 4 is 21.6 Å². The van der Waals surface area contributed by atoms with Gasteiger partial charge in [0.05, 0.1) is 14.2 Å². The minimum absolute atomic E-state index is 0.0133. The summed E-state index contributed by atoms with van der Waals surface area (Å²) in [6.45, 7) is 0.903. The highest BCUT2D eigenvalue weighted by atomic mass is 32.2. The first-order valence-corrected chi connectivity index (χ1v) is 10.6. The highest BCUT2D eigenvalue weighted by Crippen LogP contribution is 2.31. The molecule has 1 aliphatic rings. The van der Waals surface area contributed by atoms with E-state index in [9.17, 15) is 17.6 Å². The molecular formula is C20H23FN2O5S. The number of hydrogen-bond donors (Lipinski definition) is 1. The number of sulfonamides is 1. The van der Waals surface area contributed by atoms with Crippen LogP contribution in [0.4, 0.5) is 10.1 Å². The van der Waals surface area contributed by atoms with E-state index in [1.165, 1.54) is 48.9 Å². The number of nitrogens with zero attached hydrogens (tertiary/aromatic N) is 1. The van der Waals surface area contributed by atoms with E-state index in [1.807, 2.05) is 0 Å². The molecule has 0 unspecified atom stereocenters. The molecular weight excluding hydrogens is 399 g/mol. The largest absolute Gasteiger partial charge is 0.495 e. The summed E-state index contributed by atoms with van der Waals surface area (Å²) < 4.78 is 51.5. The van der Waals surface area contributed by atoms with Crippen LogP contribution in [0.1, 0.15) is 29.6 Å². The average Bonchev–Trinajstić information content (AvgIpc) is 2.74. The third kappa shape index (κ3) is 4.51. The summed E-state index contributed by atoms with van der Waals surface area (Å²) in [5, 5.41) is 2.60. The zero-order valence-corrected chi connectivity index (χ0v) is 17.1. The van der Waals surface area contributed by atoms with Crippen molar-refractivity contribution in [1.29, 1.82) is 0 Å². The van der Waals surface area contributed by atoms with E-state index in [1.54, 1.807) is 0 Å². The molecule has 1 N–H and O–H groups in total. The zero-order chi connectivity index (χ0) is 21.0. The number of methoxy groups -OCH3 is 2.